The molecule has 7 heteroatoms. The predicted molar refractivity (Wildman–Crippen MR) is 123 cm³/mol. The Morgan fingerprint density at radius 3 is 2.77 bits per heavy atom. The van der Waals surface area contributed by atoms with Crippen molar-refractivity contribution in [1.29, 1.82) is 0 Å². The Morgan fingerprint density at radius 2 is 2.15 bits per heavy atom. The highest BCUT2D eigenvalue weighted by atomic mass is 127. The van der Waals surface area contributed by atoms with Gasteiger partial charge in [0.25, 0.3) is 0 Å². The second-order valence-electron chi connectivity index (χ2n) is 6.74. The molecule has 2 heterocycles. The molecule has 1 aliphatic rings. The summed E-state index contributed by atoms with van der Waals surface area (Å²) >= 11 is 1.85. The Labute approximate surface area is 180 Å². The zero-order valence-corrected chi connectivity index (χ0v) is 19.5. The van der Waals surface area contributed by atoms with Crippen LogP contribution in [0.1, 0.15) is 44.0 Å². The van der Waals surface area contributed by atoms with E-state index in [0.717, 1.165) is 44.5 Å². The number of piperidine rings is 1. The number of hydrogen-bond acceptors (Lipinski definition) is 4. The summed E-state index contributed by atoms with van der Waals surface area (Å²) in [7, 11) is 1.74. The molecule has 26 heavy (non-hydrogen) atoms. The molecule has 1 aliphatic heterocycles. The van der Waals surface area contributed by atoms with Gasteiger partial charge in [-0.25, -0.2) is 0 Å². The lowest BCUT2D eigenvalue weighted by atomic mass is 9.97. The van der Waals surface area contributed by atoms with E-state index in [-0.39, 0.29) is 24.0 Å². The third kappa shape index (κ3) is 8.10. The second-order valence-corrected chi connectivity index (χ2v) is 7.72. The minimum absolute atomic E-state index is 0. The van der Waals surface area contributed by atoms with Crippen molar-refractivity contribution in [2.24, 2.45) is 10.9 Å². The fourth-order valence-corrected chi connectivity index (χ4v) is 4.00. The summed E-state index contributed by atoms with van der Waals surface area (Å²) in [5.41, 5.74) is 0. The minimum atomic E-state index is 0. The first kappa shape index (κ1) is 23.7. The first-order chi connectivity index (χ1) is 12.2. The quantitative estimate of drug-likeness (QED) is 0.238. The van der Waals surface area contributed by atoms with Gasteiger partial charge < -0.3 is 15.4 Å². The van der Waals surface area contributed by atoms with Crippen LogP contribution in [0.5, 0.6) is 0 Å². The third-order valence-electron chi connectivity index (χ3n) is 4.71. The van der Waals surface area contributed by atoms with Crippen molar-refractivity contribution >= 4 is 41.3 Å². The van der Waals surface area contributed by atoms with Gasteiger partial charge in [-0.2, -0.15) is 0 Å². The van der Waals surface area contributed by atoms with E-state index in [1.165, 1.54) is 30.8 Å². The molecule has 1 saturated heterocycles. The van der Waals surface area contributed by atoms with Crippen molar-refractivity contribution < 1.29 is 4.74 Å². The topological polar surface area (TPSA) is 48.9 Å². The number of thiophene rings is 1. The monoisotopic (exact) mass is 494 g/mol. The Bertz CT molecular complexity index is 490. The molecule has 5 nitrogen and oxygen atoms in total. The second kappa shape index (κ2) is 13.7. The summed E-state index contributed by atoms with van der Waals surface area (Å²) in [6, 6.07) is 4.79. The number of guanidine groups is 1. The molecule has 1 aromatic heterocycles. The lowest BCUT2D eigenvalue weighted by Gasteiger charge is -2.35. The van der Waals surface area contributed by atoms with Crippen LogP contribution in [-0.2, 0) is 4.74 Å². The van der Waals surface area contributed by atoms with E-state index in [9.17, 15) is 0 Å². The molecule has 0 saturated carbocycles. The average Bonchev–Trinajstić information content (AvgIpc) is 3.14. The number of likely N-dealkylation sites (tertiary alicyclic amines) is 1. The van der Waals surface area contributed by atoms with Gasteiger partial charge in [0, 0.05) is 31.7 Å². The van der Waals surface area contributed by atoms with E-state index in [0.29, 0.717) is 6.04 Å². The Balaban J connectivity index is 0.00000338. The van der Waals surface area contributed by atoms with Gasteiger partial charge in [-0.15, -0.1) is 35.3 Å². The number of methoxy groups -OCH3 is 1. The molecule has 1 aromatic rings. The fraction of sp³-hybridized carbons (Fsp3) is 0.737. The van der Waals surface area contributed by atoms with E-state index in [1.807, 2.05) is 11.3 Å². The van der Waals surface area contributed by atoms with Crippen LogP contribution in [0.15, 0.2) is 22.5 Å². The Hall–Kier alpha value is -0.380. The van der Waals surface area contributed by atoms with Gasteiger partial charge in [-0.05, 0) is 56.6 Å². The van der Waals surface area contributed by atoms with Crippen molar-refractivity contribution in [2.45, 2.75) is 39.2 Å². The SMILES string of the molecule is CCNC(=NCC(c1cccs1)N1CCC(C)CC1)NCCCOC.I. The highest BCUT2D eigenvalue weighted by Crippen LogP contribution is 2.29. The van der Waals surface area contributed by atoms with Crippen LogP contribution in [0.2, 0.25) is 0 Å². The van der Waals surface area contributed by atoms with Crippen molar-refractivity contribution in [3.63, 3.8) is 0 Å². The molecule has 0 bridgehead atoms. The molecule has 0 spiro atoms. The summed E-state index contributed by atoms with van der Waals surface area (Å²) in [5.74, 6) is 1.76. The van der Waals surface area contributed by atoms with Crippen molar-refractivity contribution in [1.82, 2.24) is 15.5 Å². The van der Waals surface area contributed by atoms with Gasteiger partial charge in [-0.1, -0.05) is 13.0 Å². The van der Waals surface area contributed by atoms with Crippen molar-refractivity contribution in [3.05, 3.63) is 22.4 Å². The van der Waals surface area contributed by atoms with Crippen LogP contribution in [0.4, 0.5) is 0 Å². The Kier molecular flexibility index (Phi) is 12.5. The van der Waals surface area contributed by atoms with Gasteiger partial charge in [0.2, 0.25) is 0 Å². The first-order valence-electron chi connectivity index (χ1n) is 9.53. The molecular weight excluding hydrogens is 459 g/mol. The molecule has 1 fully saturated rings. The first-order valence-corrected chi connectivity index (χ1v) is 10.4. The van der Waals surface area contributed by atoms with Gasteiger partial charge in [0.15, 0.2) is 5.96 Å². The van der Waals surface area contributed by atoms with E-state index >= 15 is 0 Å². The van der Waals surface area contributed by atoms with Gasteiger partial charge in [0.1, 0.15) is 0 Å². The zero-order valence-electron chi connectivity index (χ0n) is 16.4. The molecule has 0 aromatic carbocycles. The number of aliphatic imine (C=N–C) groups is 1. The number of halogens is 1. The fourth-order valence-electron chi connectivity index (χ4n) is 3.15. The number of ether oxygens (including phenoxy) is 1. The maximum atomic E-state index is 5.11. The normalized spacial score (nSPS) is 17.6. The van der Waals surface area contributed by atoms with E-state index in [1.54, 1.807) is 7.11 Å². The van der Waals surface area contributed by atoms with Crippen LogP contribution >= 0.6 is 35.3 Å². The molecule has 0 amide bonds. The summed E-state index contributed by atoms with van der Waals surface area (Å²) in [4.78, 5) is 8.92. The smallest absolute Gasteiger partial charge is 0.191 e. The molecule has 0 aliphatic carbocycles. The zero-order chi connectivity index (χ0) is 17.9. The number of nitrogens with zero attached hydrogens (tertiary/aromatic N) is 2. The highest BCUT2D eigenvalue weighted by Gasteiger charge is 2.25. The molecule has 1 unspecified atom stereocenters. The van der Waals surface area contributed by atoms with Gasteiger partial charge in [0.05, 0.1) is 12.6 Å². The van der Waals surface area contributed by atoms with E-state index in [4.69, 9.17) is 9.73 Å². The van der Waals surface area contributed by atoms with Crippen molar-refractivity contribution in [3.8, 4) is 0 Å². The molecule has 1 atom stereocenters. The molecule has 2 N–H and O–H groups in total. The van der Waals surface area contributed by atoms with Crippen LogP contribution < -0.4 is 10.6 Å². The van der Waals surface area contributed by atoms with Crippen LogP contribution in [0, 0.1) is 5.92 Å². The largest absolute Gasteiger partial charge is 0.385 e. The lowest BCUT2D eigenvalue weighted by Crippen LogP contribution is -2.40. The third-order valence-corrected chi connectivity index (χ3v) is 5.69. The molecule has 150 valence electrons. The maximum Gasteiger partial charge on any atom is 0.191 e. The standard InChI is InChI=1S/C19H34N4OS.HI/c1-4-20-19(21-10-6-13-24-3)22-15-17(18-7-5-14-25-18)23-11-8-16(2)9-12-23;/h5,7,14,16-17H,4,6,8-13,15H2,1-3H3,(H2,20,21,22);1H. The summed E-state index contributed by atoms with van der Waals surface area (Å²) < 4.78 is 5.11. The lowest BCUT2D eigenvalue weighted by molar-refractivity contribution is 0.143. The maximum absolute atomic E-state index is 5.11. The van der Waals surface area contributed by atoms with Crippen molar-refractivity contribution in [2.75, 3.05) is 46.4 Å². The average molecular weight is 494 g/mol. The van der Waals surface area contributed by atoms with E-state index < -0.39 is 0 Å². The van der Waals surface area contributed by atoms with Gasteiger partial charge >= 0.3 is 0 Å². The highest BCUT2D eigenvalue weighted by molar-refractivity contribution is 14.0. The van der Waals surface area contributed by atoms with Crippen LogP contribution in [-0.4, -0.2) is 57.3 Å². The van der Waals surface area contributed by atoms with Crippen LogP contribution in [0.25, 0.3) is 0 Å². The summed E-state index contributed by atoms with van der Waals surface area (Å²) in [5, 5.41) is 8.94. The number of nitrogens with one attached hydrogen (secondary N) is 2. The van der Waals surface area contributed by atoms with E-state index in [2.05, 4.69) is 46.9 Å². The molecular formula is C19H35IN4OS. The minimum Gasteiger partial charge on any atom is -0.385 e. The summed E-state index contributed by atoms with van der Waals surface area (Å²) in [6.45, 7) is 10.2. The Morgan fingerprint density at radius 1 is 1.38 bits per heavy atom. The predicted octanol–water partition coefficient (Wildman–Crippen LogP) is 3.73. The van der Waals surface area contributed by atoms with Crippen LogP contribution in [0.3, 0.4) is 0 Å². The molecule has 2 rings (SSSR count). The number of rotatable bonds is 9. The van der Waals surface area contributed by atoms with Gasteiger partial charge in [-0.3, -0.25) is 9.89 Å². The number of hydrogen-bond donors (Lipinski definition) is 2. The molecule has 0 radical (unpaired) electrons. The summed E-state index contributed by atoms with van der Waals surface area (Å²) in [6.07, 6.45) is 3.57.